The van der Waals surface area contributed by atoms with E-state index in [1.54, 1.807) is 0 Å². The molecule has 1 aliphatic rings. The van der Waals surface area contributed by atoms with Gasteiger partial charge >= 0.3 is 0 Å². The Morgan fingerprint density at radius 3 is 2.40 bits per heavy atom. The Balaban J connectivity index is 2.49. The fourth-order valence-electron chi connectivity index (χ4n) is 1.32. The molecule has 60 valence electrons. The van der Waals surface area contributed by atoms with Crippen LogP contribution in [0.4, 0.5) is 0 Å². The third-order valence-electron chi connectivity index (χ3n) is 1.95. The van der Waals surface area contributed by atoms with Gasteiger partial charge in [-0.15, -0.1) is 0 Å². The Labute approximate surface area is 60.6 Å². The van der Waals surface area contributed by atoms with Crippen molar-refractivity contribution in [3.05, 3.63) is 0 Å². The number of hydrogen-bond acceptors (Lipinski definition) is 3. The van der Waals surface area contributed by atoms with Crippen molar-refractivity contribution < 1.29 is 14.9 Å². The normalized spacial score (nSPS) is 49.2. The van der Waals surface area contributed by atoms with E-state index in [2.05, 4.69) is 0 Å². The summed E-state index contributed by atoms with van der Waals surface area (Å²) in [5.41, 5.74) is 0. The van der Waals surface area contributed by atoms with E-state index in [1.165, 1.54) is 0 Å². The second kappa shape index (κ2) is 2.86. The van der Waals surface area contributed by atoms with Gasteiger partial charge in [-0.3, -0.25) is 0 Å². The molecule has 0 saturated carbocycles. The van der Waals surface area contributed by atoms with Crippen molar-refractivity contribution in [2.75, 3.05) is 0 Å². The fraction of sp³-hybridized carbons (Fsp3) is 1.00. The highest BCUT2D eigenvalue weighted by Crippen LogP contribution is 2.23. The average Bonchev–Trinajstić information content (AvgIpc) is 1.82. The first kappa shape index (κ1) is 7.98. The predicted molar refractivity (Wildman–Crippen MR) is 36.3 cm³/mol. The monoisotopic (exact) mass is 146 g/mol. The number of hydrogen-bond donors (Lipinski definition) is 2. The minimum Gasteiger partial charge on any atom is -0.388 e. The zero-order chi connectivity index (χ0) is 7.72. The van der Waals surface area contributed by atoms with Gasteiger partial charge in [0, 0.05) is 0 Å². The van der Waals surface area contributed by atoms with E-state index in [4.69, 9.17) is 9.84 Å². The van der Waals surface area contributed by atoms with Crippen LogP contribution in [0.1, 0.15) is 20.3 Å². The first-order valence-electron chi connectivity index (χ1n) is 3.63. The van der Waals surface area contributed by atoms with E-state index in [9.17, 15) is 5.11 Å². The van der Waals surface area contributed by atoms with Crippen LogP contribution in [-0.2, 0) is 4.74 Å². The van der Waals surface area contributed by atoms with E-state index < -0.39 is 12.4 Å². The molecule has 1 rings (SSSR count). The van der Waals surface area contributed by atoms with Crippen LogP contribution in [0.15, 0.2) is 0 Å². The number of ether oxygens (including phenoxy) is 1. The maximum atomic E-state index is 9.19. The fourth-order valence-corrected chi connectivity index (χ4v) is 1.32. The third kappa shape index (κ3) is 1.48. The van der Waals surface area contributed by atoms with Crippen LogP contribution in [0.2, 0.25) is 0 Å². The van der Waals surface area contributed by atoms with E-state index in [0.717, 1.165) is 6.42 Å². The van der Waals surface area contributed by atoms with Crippen molar-refractivity contribution >= 4 is 0 Å². The molecule has 2 unspecified atom stereocenters. The van der Waals surface area contributed by atoms with Crippen molar-refractivity contribution in [3.63, 3.8) is 0 Å². The van der Waals surface area contributed by atoms with Crippen molar-refractivity contribution in [3.8, 4) is 0 Å². The third-order valence-corrected chi connectivity index (χ3v) is 1.95. The molecule has 3 heteroatoms. The summed E-state index contributed by atoms with van der Waals surface area (Å²) in [6, 6.07) is 0. The molecule has 0 radical (unpaired) electrons. The highest BCUT2D eigenvalue weighted by molar-refractivity contribution is 4.75. The molecule has 0 aromatic heterocycles. The van der Waals surface area contributed by atoms with Gasteiger partial charge in [-0.05, 0) is 19.3 Å². The first-order chi connectivity index (χ1) is 4.61. The molecule has 1 aliphatic heterocycles. The molecule has 10 heavy (non-hydrogen) atoms. The van der Waals surface area contributed by atoms with Crippen LogP contribution in [0.5, 0.6) is 0 Å². The summed E-state index contributed by atoms with van der Waals surface area (Å²) in [5, 5.41) is 18.2. The summed E-state index contributed by atoms with van der Waals surface area (Å²) < 4.78 is 4.97. The van der Waals surface area contributed by atoms with Gasteiger partial charge in [0.25, 0.3) is 0 Å². The van der Waals surface area contributed by atoms with E-state index in [0.29, 0.717) is 0 Å². The second-order valence-electron chi connectivity index (χ2n) is 3.04. The van der Waals surface area contributed by atoms with Gasteiger partial charge in [-0.2, -0.15) is 0 Å². The Hall–Kier alpha value is -0.120. The van der Waals surface area contributed by atoms with E-state index in [1.807, 2.05) is 13.8 Å². The molecule has 0 spiro atoms. The molecule has 0 aromatic rings. The van der Waals surface area contributed by atoms with Crippen LogP contribution in [-0.4, -0.2) is 28.7 Å². The average molecular weight is 146 g/mol. The zero-order valence-electron chi connectivity index (χ0n) is 6.32. The number of aliphatic hydroxyl groups excluding tert-OH is 2. The van der Waals surface area contributed by atoms with Gasteiger partial charge in [0.15, 0.2) is 6.29 Å². The Morgan fingerprint density at radius 1 is 1.30 bits per heavy atom. The van der Waals surface area contributed by atoms with Crippen LogP contribution in [0.25, 0.3) is 0 Å². The molecule has 1 heterocycles. The van der Waals surface area contributed by atoms with Gasteiger partial charge in [0.2, 0.25) is 0 Å². The molecular weight excluding hydrogens is 132 g/mol. The lowest BCUT2D eigenvalue weighted by atomic mass is 9.95. The molecule has 3 nitrogen and oxygen atoms in total. The largest absolute Gasteiger partial charge is 0.388 e. The molecule has 0 amide bonds. The van der Waals surface area contributed by atoms with Crippen molar-refractivity contribution in [2.24, 2.45) is 5.92 Å². The second-order valence-corrected chi connectivity index (χ2v) is 3.04. The standard InChI is InChI=1S/C7H14O3/c1-4-3-5(2)10-7(9)6(4)8/h4-9H,3H2,1-2H3/t4?,5-,6?,7-/m1/s1. The lowest BCUT2D eigenvalue weighted by molar-refractivity contribution is -0.227. The Bertz CT molecular complexity index is 103. The lowest BCUT2D eigenvalue weighted by Gasteiger charge is -2.33. The maximum Gasteiger partial charge on any atom is 0.181 e. The van der Waals surface area contributed by atoms with Crippen molar-refractivity contribution in [1.29, 1.82) is 0 Å². The first-order valence-corrected chi connectivity index (χ1v) is 3.63. The molecule has 0 aromatic carbocycles. The molecule has 0 bridgehead atoms. The summed E-state index contributed by atoms with van der Waals surface area (Å²) in [6.45, 7) is 3.80. The predicted octanol–water partition coefficient (Wildman–Crippen LogP) is 0.111. The smallest absolute Gasteiger partial charge is 0.181 e. The molecule has 0 aliphatic carbocycles. The number of rotatable bonds is 0. The van der Waals surface area contributed by atoms with Gasteiger partial charge in [-0.25, -0.2) is 0 Å². The number of aliphatic hydroxyl groups is 2. The molecule has 4 atom stereocenters. The summed E-state index contributed by atoms with van der Waals surface area (Å²) >= 11 is 0. The summed E-state index contributed by atoms with van der Waals surface area (Å²) in [6.07, 6.45) is -0.818. The lowest BCUT2D eigenvalue weighted by Crippen LogP contribution is -2.42. The van der Waals surface area contributed by atoms with Crippen LogP contribution < -0.4 is 0 Å². The summed E-state index contributed by atoms with van der Waals surface area (Å²) in [4.78, 5) is 0. The highest BCUT2D eigenvalue weighted by Gasteiger charge is 2.31. The molecule has 2 N–H and O–H groups in total. The molecular formula is C7H14O3. The highest BCUT2D eigenvalue weighted by atomic mass is 16.6. The topological polar surface area (TPSA) is 49.7 Å². The zero-order valence-corrected chi connectivity index (χ0v) is 6.32. The minimum atomic E-state index is -0.987. The quantitative estimate of drug-likeness (QED) is 0.510. The van der Waals surface area contributed by atoms with Gasteiger partial charge < -0.3 is 14.9 Å². The van der Waals surface area contributed by atoms with Crippen LogP contribution in [0, 0.1) is 5.92 Å². The van der Waals surface area contributed by atoms with Crippen molar-refractivity contribution in [2.45, 2.75) is 38.8 Å². The van der Waals surface area contributed by atoms with E-state index >= 15 is 0 Å². The summed E-state index contributed by atoms with van der Waals surface area (Å²) in [5.74, 6) is 0.138. The van der Waals surface area contributed by atoms with Gasteiger partial charge in [-0.1, -0.05) is 6.92 Å². The van der Waals surface area contributed by atoms with Crippen molar-refractivity contribution in [1.82, 2.24) is 0 Å². The van der Waals surface area contributed by atoms with Gasteiger partial charge in [0.05, 0.1) is 6.10 Å². The molecule has 1 saturated heterocycles. The van der Waals surface area contributed by atoms with Gasteiger partial charge in [0.1, 0.15) is 6.10 Å². The Kier molecular flexibility index (Phi) is 2.28. The van der Waals surface area contributed by atoms with Crippen LogP contribution in [0.3, 0.4) is 0 Å². The SMILES string of the molecule is CC1C[C@@H](C)O[C@@H](O)C1O. The molecule has 1 fully saturated rings. The minimum absolute atomic E-state index is 0.0633. The summed E-state index contributed by atoms with van der Waals surface area (Å²) in [7, 11) is 0. The van der Waals surface area contributed by atoms with E-state index in [-0.39, 0.29) is 12.0 Å². The Morgan fingerprint density at radius 2 is 1.90 bits per heavy atom. The van der Waals surface area contributed by atoms with Crippen LogP contribution >= 0.6 is 0 Å². The maximum absolute atomic E-state index is 9.19.